The molecule has 5 nitrogen and oxygen atoms in total. The van der Waals surface area contributed by atoms with Gasteiger partial charge in [0.2, 0.25) is 15.9 Å². The van der Waals surface area contributed by atoms with Gasteiger partial charge in [0.05, 0.1) is 11.7 Å². The summed E-state index contributed by atoms with van der Waals surface area (Å²) < 4.78 is 25.1. The summed E-state index contributed by atoms with van der Waals surface area (Å²) in [6.07, 6.45) is 6.03. The minimum Gasteiger partial charge on any atom is -0.353 e. The molecule has 1 aliphatic carbocycles. The number of hydrogen-bond acceptors (Lipinski definition) is 3. The van der Waals surface area contributed by atoms with E-state index in [4.69, 9.17) is 0 Å². The Morgan fingerprint density at radius 3 is 2.13 bits per heavy atom. The van der Waals surface area contributed by atoms with Gasteiger partial charge in [-0.25, -0.2) is 8.42 Å². The van der Waals surface area contributed by atoms with Crippen LogP contribution in [0.2, 0.25) is 0 Å². The molecule has 1 aromatic carbocycles. The first-order chi connectivity index (χ1) is 10.7. The van der Waals surface area contributed by atoms with Crippen molar-refractivity contribution >= 4 is 21.6 Å². The normalized spacial score (nSPS) is 17.7. The number of rotatable bonds is 5. The molecule has 1 aliphatic rings. The summed E-state index contributed by atoms with van der Waals surface area (Å²) in [5, 5.41) is 3.05. The standard InChI is InChI=1S/C17H26N2O3S/c1-13(2)18-16(20)17(11-5-4-6-12-17)14-7-9-15(10-8-14)19-23(3,21)22/h7-10,13,19H,4-6,11-12H2,1-3H3,(H,18,20). The predicted octanol–water partition coefficient (Wildman–Crippen LogP) is 2.78. The van der Waals surface area contributed by atoms with E-state index in [1.165, 1.54) is 0 Å². The van der Waals surface area contributed by atoms with Crippen molar-refractivity contribution in [1.82, 2.24) is 5.32 Å². The van der Waals surface area contributed by atoms with Crippen molar-refractivity contribution in [1.29, 1.82) is 0 Å². The lowest BCUT2D eigenvalue weighted by atomic mass is 9.68. The third-order valence-corrected chi connectivity index (χ3v) is 4.91. The van der Waals surface area contributed by atoms with Crippen molar-refractivity contribution in [3.8, 4) is 0 Å². The Labute approximate surface area is 138 Å². The van der Waals surface area contributed by atoms with Crippen molar-refractivity contribution in [2.24, 2.45) is 0 Å². The van der Waals surface area contributed by atoms with Gasteiger partial charge in [-0.2, -0.15) is 0 Å². The lowest BCUT2D eigenvalue weighted by molar-refractivity contribution is -0.128. The average Bonchev–Trinajstić information content (AvgIpc) is 2.46. The Hall–Kier alpha value is -1.56. The predicted molar refractivity (Wildman–Crippen MR) is 93.0 cm³/mol. The monoisotopic (exact) mass is 338 g/mol. The van der Waals surface area contributed by atoms with Crippen LogP contribution in [0.3, 0.4) is 0 Å². The number of nitrogens with one attached hydrogen (secondary N) is 2. The summed E-state index contributed by atoms with van der Waals surface area (Å²) in [5.41, 5.74) is 0.993. The fraction of sp³-hybridized carbons (Fsp3) is 0.588. The van der Waals surface area contributed by atoms with Crippen LogP contribution in [0.1, 0.15) is 51.5 Å². The van der Waals surface area contributed by atoms with Crippen molar-refractivity contribution in [3.05, 3.63) is 29.8 Å². The van der Waals surface area contributed by atoms with Crippen molar-refractivity contribution in [2.75, 3.05) is 11.0 Å². The smallest absolute Gasteiger partial charge is 0.230 e. The van der Waals surface area contributed by atoms with Gasteiger partial charge in [-0.15, -0.1) is 0 Å². The summed E-state index contributed by atoms with van der Waals surface area (Å²) in [6.45, 7) is 3.93. The first-order valence-electron chi connectivity index (χ1n) is 8.12. The van der Waals surface area contributed by atoms with E-state index in [0.717, 1.165) is 43.9 Å². The van der Waals surface area contributed by atoms with Gasteiger partial charge in [-0.3, -0.25) is 9.52 Å². The second-order valence-electron chi connectivity index (χ2n) is 6.72. The van der Waals surface area contributed by atoms with Gasteiger partial charge in [0.15, 0.2) is 0 Å². The maximum absolute atomic E-state index is 12.8. The van der Waals surface area contributed by atoms with Gasteiger partial charge in [0.25, 0.3) is 0 Å². The molecule has 0 spiro atoms. The van der Waals surface area contributed by atoms with Crippen LogP contribution in [0.15, 0.2) is 24.3 Å². The summed E-state index contributed by atoms with van der Waals surface area (Å²) in [7, 11) is -3.29. The van der Waals surface area contributed by atoms with E-state index >= 15 is 0 Å². The molecular formula is C17H26N2O3S. The number of sulfonamides is 1. The van der Waals surface area contributed by atoms with Gasteiger partial charge in [0, 0.05) is 11.7 Å². The molecule has 6 heteroatoms. The summed E-state index contributed by atoms with van der Waals surface area (Å²) in [6, 6.07) is 7.31. The van der Waals surface area contributed by atoms with Gasteiger partial charge < -0.3 is 5.32 Å². The minimum atomic E-state index is -3.29. The van der Waals surface area contributed by atoms with E-state index in [2.05, 4.69) is 10.0 Å². The zero-order valence-electron chi connectivity index (χ0n) is 14.1. The third kappa shape index (κ3) is 4.47. The Bertz CT molecular complexity index is 645. The number of anilines is 1. The van der Waals surface area contributed by atoms with Crippen molar-refractivity contribution in [2.45, 2.75) is 57.4 Å². The third-order valence-electron chi connectivity index (χ3n) is 4.30. The maximum atomic E-state index is 12.8. The average molecular weight is 338 g/mol. The number of carbonyl (C=O) groups is 1. The molecule has 0 aliphatic heterocycles. The van der Waals surface area contributed by atoms with Gasteiger partial charge in [0.1, 0.15) is 0 Å². The number of carbonyl (C=O) groups excluding carboxylic acids is 1. The highest BCUT2D eigenvalue weighted by Gasteiger charge is 2.41. The van der Waals surface area contributed by atoms with Crippen LogP contribution >= 0.6 is 0 Å². The molecule has 0 aromatic heterocycles. The fourth-order valence-electron chi connectivity index (χ4n) is 3.27. The Morgan fingerprint density at radius 2 is 1.65 bits per heavy atom. The summed E-state index contributed by atoms with van der Waals surface area (Å²) >= 11 is 0. The molecule has 1 fully saturated rings. The molecule has 2 N–H and O–H groups in total. The van der Waals surface area contributed by atoms with E-state index in [9.17, 15) is 13.2 Å². The molecule has 2 rings (SSSR count). The van der Waals surface area contributed by atoms with E-state index in [1.54, 1.807) is 12.1 Å². The van der Waals surface area contributed by atoms with Crippen molar-refractivity contribution in [3.63, 3.8) is 0 Å². The molecule has 0 atom stereocenters. The second kappa shape index (κ2) is 6.91. The number of hydrogen-bond donors (Lipinski definition) is 2. The van der Waals surface area contributed by atoms with Crippen LogP contribution in [0, 0.1) is 0 Å². The van der Waals surface area contributed by atoms with Gasteiger partial charge >= 0.3 is 0 Å². The van der Waals surface area contributed by atoms with E-state index in [-0.39, 0.29) is 11.9 Å². The fourth-order valence-corrected chi connectivity index (χ4v) is 3.84. The molecule has 23 heavy (non-hydrogen) atoms. The first-order valence-corrected chi connectivity index (χ1v) is 10.0. The minimum absolute atomic E-state index is 0.0797. The molecule has 0 heterocycles. The zero-order chi connectivity index (χ0) is 17.1. The quantitative estimate of drug-likeness (QED) is 0.867. The number of benzene rings is 1. The molecule has 1 saturated carbocycles. The maximum Gasteiger partial charge on any atom is 0.230 e. The molecule has 0 bridgehead atoms. The van der Waals surface area contributed by atoms with E-state index < -0.39 is 15.4 Å². The molecule has 1 amide bonds. The van der Waals surface area contributed by atoms with Crippen LogP contribution in [0.4, 0.5) is 5.69 Å². The van der Waals surface area contributed by atoms with E-state index in [0.29, 0.717) is 5.69 Å². The van der Waals surface area contributed by atoms with Crippen LogP contribution < -0.4 is 10.0 Å². The Morgan fingerprint density at radius 1 is 1.09 bits per heavy atom. The SMILES string of the molecule is CC(C)NC(=O)C1(c2ccc(NS(C)(=O)=O)cc2)CCCCC1. The van der Waals surface area contributed by atoms with Crippen LogP contribution in [-0.4, -0.2) is 26.6 Å². The lowest BCUT2D eigenvalue weighted by Gasteiger charge is -2.37. The zero-order valence-corrected chi connectivity index (χ0v) is 14.9. The molecule has 0 radical (unpaired) electrons. The number of amides is 1. The van der Waals surface area contributed by atoms with Crippen LogP contribution in [0.25, 0.3) is 0 Å². The van der Waals surface area contributed by atoms with Crippen LogP contribution in [0.5, 0.6) is 0 Å². The summed E-state index contributed by atoms with van der Waals surface area (Å²) in [5.74, 6) is 0.0797. The lowest BCUT2D eigenvalue weighted by Crippen LogP contribution is -2.48. The van der Waals surface area contributed by atoms with E-state index in [1.807, 2.05) is 26.0 Å². The molecule has 0 unspecified atom stereocenters. The van der Waals surface area contributed by atoms with Gasteiger partial charge in [-0.05, 0) is 44.4 Å². The van der Waals surface area contributed by atoms with Crippen LogP contribution in [-0.2, 0) is 20.2 Å². The Kier molecular flexibility index (Phi) is 5.34. The second-order valence-corrected chi connectivity index (χ2v) is 8.47. The Balaban J connectivity index is 2.30. The summed E-state index contributed by atoms with van der Waals surface area (Å²) in [4.78, 5) is 12.8. The first kappa shape index (κ1) is 17.8. The molecule has 128 valence electrons. The molecular weight excluding hydrogens is 312 g/mol. The topological polar surface area (TPSA) is 75.3 Å². The molecule has 0 saturated heterocycles. The molecule has 1 aromatic rings. The van der Waals surface area contributed by atoms with Crippen molar-refractivity contribution < 1.29 is 13.2 Å². The highest BCUT2D eigenvalue weighted by Crippen LogP contribution is 2.40. The van der Waals surface area contributed by atoms with Gasteiger partial charge in [-0.1, -0.05) is 31.4 Å². The highest BCUT2D eigenvalue weighted by atomic mass is 32.2. The largest absolute Gasteiger partial charge is 0.353 e. The highest BCUT2D eigenvalue weighted by molar-refractivity contribution is 7.92.